The van der Waals surface area contributed by atoms with Crippen molar-refractivity contribution in [1.82, 2.24) is 10.2 Å². The molecule has 2 fully saturated rings. The van der Waals surface area contributed by atoms with E-state index in [1.807, 2.05) is 4.90 Å². The third kappa shape index (κ3) is 3.01. The smallest absolute Gasteiger partial charge is 0.233 e. The number of benzene rings is 1. The molecule has 2 aliphatic rings. The van der Waals surface area contributed by atoms with Gasteiger partial charge in [-0.2, -0.15) is 0 Å². The van der Waals surface area contributed by atoms with Crippen molar-refractivity contribution in [2.24, 2.45) is 0 Å². The molecule has 1 aromatic rings. The number of carbonyl (C=O) groups is 1. The largest absolute Gasteiger partial charge is 0.381 e. The van der Waals surface area contributed by atoms with Gasteiger partial charge in [0.15, 0.2) is 0 Å². The van der Waals surface area contributed by atoms with E-state index in [0.717, 1.165) is 38.2 Å². The summed E-state index contributed by atoms with van der Waals surface area (Å²) < 4.78 is 18.7. The maximum Gasteiger partial charge on any atom is 0.233 e. The summed E-state index contributed by atoms with van der Waals surface area (Å²) in [6.07, 6.45) is 2.31. The van der Waals surface area contributed by atoms with Crippen molar-refractivity contribution in [2.45, 2.75) is 24.7 Å². The quantitative estimate of drug-likeness (QED) is 0.904. The topological polar surface area (TPSA) is 41.6 Å². The molecule has 0 atom stereocenters. The molecule has 3 rings (SSSR count). The number of rotatable bonds is 2. The van der Waals surface area contributed by atoms with Gasteiger partial charge < -0.3 is 15.0 Å². The lowest BCUT2D eigenvalue weighted by Crippen LogP contribution is -2.50. The van der Waals surface area contributed by atoms with Gasteiger partial charge in [-0.15, -0.1) is 0 Å². The Hall–Kier alpha value is -1.46. The lowest BCUT2D eigenvalue weighted by molar-refractivity contribution is -0.141. The maximum absolute atomic E-state index is 13.3. The Morgan fingerprint density at radius 1 is 1.14 bits per heavy atom. The predicted molar refractivity (Wildman–Crippen MR) is 82.2 cm³/mol. The first-order valence-corrected chi connectivity index (χ1v) is 8.06. The number of hydrogen-bond acceptors (Lipinski definition) is 3. The Balaban J connectivity index is 1.90. The molecule has 2 heterocycles. The molecule has 0 aromatic heterocycles. The zero-order valence-electron chi connectivity index (χ0n) is 12.8. The second-order valence-electron chi connectivity index (χ2n) is 6.10. The average molecular weight is 306 g/mol. The van der Waals surface area contributed by atoms with Crippen LogP contribution in [0.25, 0.3) is 0 Å². The van der Waals surface area contributed by atoms with Gasteiger partial charge in [-0.3, -0.25) is 4.79 Å². The molecule has 4 nitrogen and oxygen atoms in total. The Kier molecular flexibility index (Phi) is 4.74. The molecule has 0 saturated carbocycles. The lowest BCUT2D eigenvalue weighted by Gasteiger charge is -2.40. The van der Waals surface area contributed by atoms with Crippen LogP contribution < -0.4 is 5.32 Å². The minimum Gasteiger partial charge on any atom is -0.381 e. The van der Waals surface area contributed by atoms with Crippen LogP contribution in [-0.2, 0) is 14.9 Å². The van der Waals surface area contributed by atoms with E-state index in [-0.39, 0.29) is 11.7 Å². The highest BCUT2D eigenvalue weighted by atomic mass is 19.1. The van der Waals surface area contributed by atoms with E-state index in [2.05, 4.69) is 5.32 Å². The SMILES string of the molecule is O=C(N1CCCNCC1)C1(c2ccc(F)cc2)CCOCC1. The average Bonchev–Trinajstić information content (AvgIpc) is 2.84. The summed E-state index contributed by atoms with van der Waals surface area (Å²) in [5.74, 6) is -0.0940. The van der Waals surface area contributed by atoms with Gasteiger partial charge in [-0.1, -0.05) is 12.1 Å². The Labute approximate surface area is 130 Å². The molecule has 5 heteroatoms. The monoisotopic (exact) mass is 306 g/mol. The van der Waals surface area contributed by atoms with E-state index in [1.165, 1.54) is 12.1 Å². The molecule has 2 aliphatic heterocycles. The zero-order chi connectivity index (χ0) is 15.4. The van der Waals surface area contributed by atoms with Crippen molar-refractivity contribution < 1.29 is 13.9 Å². The Bertz CT molecular complexity index is 504. The minimum absolute atomic E-state index is 0.172. The van der Waals surface area contributed by atoms with E-state index < -0.39 is 5.41 Å². The van der Waals surface area contributed by atoms with Crippen molar-refractivity contribution in [1.29, 1.82) is 0 Å². The number of nitrogens with zero attached hydrogens (tertiary/aromatic N) is 1. The van der Waals surface area contributed by atoms with Crippen molar-refractivity contribution in [3.05, 3.63) is 35.6 Å². The fourth-order valence-electron chi connectivity index (χ4n) is 3.47. The molecule has 2 saturated heterocycles. The van der Waals surface area contributed by atoms with Crippen molar-refractivity contribution in [2.75, 3.05) is 39.4 Å². The third-order valence-electron chi connectivity index (χ3n) is 4.78. The molecule has 1 amide bonds. The number of nitrogens with one attached hydrogen (secondary N) is 1. The van der Waals surface area contributed by atoms with E-state index in [9.17, 15) is 9.18 Å². The van der Waals surface area contributed by atoms with Crippen LogP contribution >= 0.6 is 0 Å². The molecule has 120 valence electrons. The molecular weight excluding hydrogens is 283 g/mol. The second-order valence-corrected chi connectivity index (χ2v) is 6.10. The normalized spacial score (nSPS) is 22.1. The highest BCUT2D eigenvalue weighted by Gasteiger charge is 2.44. The minimum atomic E-state index is -0.559. The van der Waals surface area contributed by atoms with E-state index in [1.54, 1.807) is 12.1 Å². The van der Waals surface area contributed by atoms with Gasteiger partial charge in [0.25, 0.3) is 0 Å². The van der Waals surface area contributed by atoms with Gasteiger partial charge in [0, 0.05) is 32.8 Å². The van der Waals surface area contributed by atoms with Crippen LogP contribution in [0.2, 0.25) is 0 Å². The Morgan fingerprint density at radius 3 is 2.59 bits per heavy atom. The molecule has 22 heavy (non-hydrogen) atoms. The number of carbonyl (C=O) groups excluding carboxylic acids is 1. The number of halogens is 1. The molecule has 1 aromatic carbocycles. The van der Waals surface area contributed by atoms with Gasteiger partial charge in [-0.25, -0.2) is 4.39 Å². The summed E-state index contributed by atoms with van der Waals surface area (Å²) in [6.45, 7) is 4.47. The van der Waals surface area contributed by atoms with Gasteiger partial charge in [0.1, 0.15) is 5.82 Å². The fraction of sp³-hybridized carbons (Fsp3) is 0.588. The number of hydrogen-bond donors (Lipinski definition) is 1. The highest BCUT2D eigenvalue weighted by molar-refractivity contribution is 5.88. The molecule has 0 spiro atoms. The molecule has 0 radical (unpaired) electrons. The summed E-state index contributed by atoms with van der Waals surface area (Å²) in [5, 5.41) is 3.33. The van der Waals surface area contributed by atoms with Gasteiger partial charge in [0.05, 0.1) is 5.41 Å². The predicted octanol–water partition coefficient (Wildman–Crippen LogP) is 1.70. The first kappa shape index (κ1) is 15.4. The fourth-order valence-corrected chi connectivity index (χ4v) is 3.47. The lowest BCUT2D eigenvalue weighted by atomic mass is 9.73. The summed E-state index contributed by atoms with van der Waals surface area (Å²) in [7, 11) is 0. The molecule has 0 aliphatic carbocycles. The summed E-state index contributed by atoms with van der Waals surface area (Å²) in [6, 6.07) is 6.41. The third-order valence-corrected chi connectivity index (χ3v) is 4.78. The maximum atomic E-state index is 13.3. The van der Waals surface area contributed by atoms with E-state index in [0.29, 0.717) is 26.1 Å². The highest BCUT2D eigenvalue weighted by Crippen LogP contribution is 2.37. The number of ether oxygens (including phenoxy) is 1. The number of amides is 1. The first-order valence-electron chi connectivity index (χ1n) is 8.06. The summed E-state index contributed by atoms with van der Waals surface area (Å²) in [4.78, 5) is 15.2. The van der Waals surface area contributed by atoms with Crippen LogP contribution in [-0.4, -0.2) is 50.2 Å². The van der Waals surface area contributed by atoms with Crippen LogP contribution in [0.5, 0.6) is 0 Å². The van der Waals surface area contributed by atoms with Crippen molar-refractivity contribution in [3.63, 3.8) is 0 Å². The van der Waals surface area contributed by atoms with Crippen LogP contribution in [0.1, 0.15) is 24.8 Å². The van der Waals surface area contributed by atoms with Crippen molar-refractivity contribution in [3.8, 4) is 0 Å². The second kappa shape index (κ2) is 6.75. The molecule has 0 bridgehead atoms. The van der Waals surface area contributed by atoms with Crippen molar-refractivity contribution >= 4 is 5.91 Å². The zero-order valence-corrected chi connectivity index (χ0v) is 12.8. The molecule has 0 unspecified atom stereocenters. The first-order chi connectivity index (χ1) is 10.7. The van der Waals surface area contributed by atoms with Crippen LogP contribution in [0.4, 0.5) is 4.39 Å². The van der Waals surface area contributed by atoms with Crippen LogP contribution in [0.3, 0.4) is 0 Å². The Morgan fingerprint density at radius 2 is 1.86 bits per heavy atom. The van der Waals surface area contributed by atoms with E-state index >= 15 is 0 Å². The standard InChI is InChI=1S/C17H23FN2O2/c18-15-4-2-14(3-5-15)17(6-12-22-13-7-17)16(21)20-10-1-8-19-9-11-20/h2-5,19H,1,6-13H2. The summed E-state index contributed by atoms with van der Waals surface area (Å²) in [5.41, 5.74) is 0.357. The van der Waals surface area contributed by atoms with Gasteiger partial charge in [0.2, 0.25) is 5.91 Å². The van der Waals surface area contributed by atoms with Crippen LogP contribution in [0.15, 0.2) is 24.3 Å². The van der Waals surface area contributed by atoms with Gasteiger partial charge >= 0.3 is 0 Å². The molecular formula is C17H23FN2O2. The van der Waals surface area contributed by atoms with Crippen LogP contribution in [0, 0.1) is 5.82 Å². The van der Waals surface area contributed by atoms with E-state index in [4.69, 9.17) is 4.74 Å². The van der Waals surface area contributed by atoms with Gasteiger partial charge in [-0.05, 0) is 43.5 Å². The molecule has 1 N–H and O–H groups in total. The summed E-state index contributed by atoms with van der Waals surface area (Å²) >= 11 is 0.